The number of piperidine rings is 1. The van der Waals surface area contributed by atoms with Gasteiger partial charge in [0.15, 0.2) is 0 Å². The van der Waals surface area contributed by atoms with E-state index in [1.54, 1.807) is 41.4 Å². The van der Waals surface area contributed by atoms with E-state index < -0.39 is 35.8 Å². The van der Waals surface area contributed by atoms with Crippen LogP contribution in [0.3, 0.4) is 0 Å². The zero-order valence-electron chi connectivity index (χ0n) is 26.5. The number of anilines is 1. The number of halogens is 2. The zero-order chi connectivity index (χ0) is 34.3. The lowest BCUT2D eigenvalue weighted by molar-refractivity contribution is -0.138. The number of nitrogens with one attached hydrogen (secondary N) is 3. The SMILES string of the molecule is O=C(O)CC[C@H](NC(=O)CC[C@@H](NC(=O)c1cc(Cl)cc(Cl)c1)C(=O)N1CCC2(CCCC2)CC1)C(=O)Nc1cccc2ncccc12. The van der Waals surface area contributed by atoms with Crippen molar-refractivity contribution in [3.63, 3.8) is 0 Å². The molecule has 1 saturated carbocycles. The van der Waals surface area contributed by atoms with Crippen molar-refractivity contribution in [1.29, 1.82) is 0 Å². The maximum atomic E-state index is 13.8. The molecule has 2 aromatic carbocycles. The highest BCUT2D eigenvalue weighted by Gasteiger charge is 2.39. The smallest absolute Gasteiger partial charge is 0.303 e. The summed E-state index contributed by atoms with van der Waals surface area (Å²) in [6.07, 6.45) is 7.40. The minimum atomic E-state index is -1.16. The fourth-order valence-electron chi connectivity index (χ4n) is 6.74. The van der Waals surface area contributed by atoms with Crippen LogP contribution in [0.2, 0.25) is 10.0 Å². The van der Waals surface area contributed by atoms with Crippen LogP contribution in [0.25, 0.3) is 10.9 Å². The Balaban J connectivity index is 1.27. The number of likely N-dealkylation sites (tertiary alicyclic amines) is 1. The maximum Gasteiger partial charge on any atom is 0.303 e. The fraction of sp³-hybridized carbons (Fsp3) is 0.429. The molecule has 2 heterocycles. The molecule has 0 unspecified atom stereocenters. The van der Waals surface area contributed by atoms with Crippen molar-refractivity contribution in [2.75, 3.05) is 18.4 Å². The molecule has 0 bridgehead atoms. The van der Waals surface area contributed by atoms with E-state index in [0.29, 0.717) is 29.7 Å². The third kappa shape index (κ3) is 9.02. The number of pyridine rings is 1. The van der Waals surface area contributed by atoms with E-state index in [9.17, 15) is 29.1 Å². The van der Waals surface area contributed by atoms with E-state index in [0.717, 1.165) is 12.8 Å². The van der Waals surface area contributed by atoms with E-state index in [-0.39, 0.29) is 52.6 Å². The van der Waals surface area contributed by atoms with Crippen LogP contribution >= 0.6 is 23.2 Å². The molecule has 1 saturated heterocycles. The van der Waals surface area contributed by atoms with Gasteiger partial charge in [0.1, 0.15) is 12.1 Å². The quantitative estimate of drug-likeness (QED) is 0.192. The molecular formula is C35H39Cl2N5O6. The van der Waals surface area contributed by atoms with Gasteiger partial charge < -0.3 is 26.0 Å². The third-order valence-electron chi connectivity index (χ3n) is 9.39. The summed E-state index contributed by atoms with van der Waals surface area (Å²) in [5.74, 6) is -3.13. The topological polar surface area (TPSA) is 158 Å². The Bertz CT molecular complexity index is 1660. The van der Waals surface area contributed by atoms with Gasteiger partial charge in [-0.1, -0.05) is 42.1 Å². The lowest BCUT2D eigenvalue weighted by Gasteiger charge is -2.40. The summed E-state index contributed by atoms with van der Waals surface area (Å²) in [6, 6.07) is 10.9. The van der Waals surface area contributed by atoms with Gasteiger partial charge in [0, 0.05) is 53.1 Å². The van der Waals surface area contributed by atoms with Crippen molar-refractivity contribution < 1.29 is 29.1 Å². The first-order valence-corrected chi connectivity index (χ1v) is 17.0. The van der Waals surface area contributed by atoms with E-state index in [1.165, 1.54) is 43.9 Å². The summed E-state index contributed by atoms with van der Waals surface area (Å²) < 4.78 is 0. The Hall–Kier alpha value is -4.22. The number of benzene rings is 2. The number of carbonyl (C=O) groups is 5. The van der Waals surface area contributed by atoms with Gasteiger partial charge in [-0.2, -0.15) is 0 Å². The molecule has 11 nitrogen and oxygen atoms in total. The molecule has 4 N–H and O–H groups in total. The normalized spacial score (nSPS) is 16.7. The van der Waals surface area contributed by atoms with Crippen molar-refractivity contribution in [1.82, 2.24) is 20.5 Å². The Morgan fingerprint density at radius 2 is 1.54 bits per heavy atom. The van der Waals surface area contributed by atoms with Crippen LogP contribution in [0.4, 0.5) is 5.69 Å². The van der Waals surface area contributed by atoms with Crippen LogP contribution in [0, 0.1) is 5.41 Å². The average Bonchev–Trinajstić information content (AvgIpc) is 3.52. The minimum Gasteiger partial charge on any atom is -0.481 e. The number of carbonyl (C=O) groups excluding carboxylic acids is 4. The Morgan fingerprint density at radius 1 is 0.854 bits per heavy atom. The number of carboxylic acid groups (broad SMARTS) is 1. The van der Waals surface area contributed by atoms with Crippen LogP contribution in [0.15, 0.2) is 54.7 Å². The number of amides is 4. The van der Waals surface area contributed by atoms with Crippen LogP contribution in [-0.4, -0.2) is 69.8 Å². The highest BCUT2D eigenvalue weighted by molar-refractivity contribution is 6.35. The monoisotopic (exact) mass is 695 g/mol. The lowest BCUT2D eigenvalue weighted by Crippen LogP contribution is -2.52. The molecule has 1 aliphatic heterocycles. The standard InChI is InChI=1S/C35H39Cl2N5O6/c36-23-19-22(20-24(37)21-23)32(46)41-29(34(48)42-17-14-35(15-18-42)12-1-2-13-35)8-10-30(43)39-28(9-11-31(44)45)33(47)40-27-7-3-6-26-25(27)5-4-16-38-26/h3-7,16,19-21,28-29H,1-2,8-15,17-18H2,(H,39,43)(H,40,47)(H,41,46)(H,44,45)/t28-,29+/m0/s1. The van der Waals surface area contributed by atoms with Gasteiger partial charge in [-0.15, -0.1) is 0 Å². The van der Waals surface area contributed by atoms with Crippen LogP contribution in [0.1, 0.15) is 74.6 Å². The van der Waals surface area contributed by atoms with E-state index in [4.69, 9.17) is 23.2 Å². The van der Waals surface area contributed by atoms with Crippen molar-refractivity contribution in [2.45, 2.75) is 76.3 Å². The van der Waals surface area contributed by atoms with Crippen LogP contribution < -0.4 is 16.0 Å². The molecule has 2 atom stereocenters. The predicted octanol–water partition coefficient (Wildman–Crippen LogP) is 5.59. The molecule has 4 amide bonds. The summed E-state index contributed by atoms with van der Waals surface area (Å²) in [4.78, 5) is 71.1. The molecule has 2 fully saturated rings. The zero-order valence-corrected chi connectivity index (χ0v) is 28.0. The first-order valence-electron chi connectivity index (χ1n) is 16.2. The number of fused-ring (bicyclic) bond motifs is 1. The lowest BCUT2D eigenvalue weighted by atomic mass is 9.77. The molecule has 2 aliphatic rings. The molecular weight excluding hydrogens is 657 g/mol. The number of hydrogen-bond donors (Lipinski definition) is 4. The Morgan fingerprint density at radius 3 is 2.23 bits per heavy atom. The average molecular weight is 697 g/mol. The maximum absolute atomic E-state index is 13.8. The highest BCUT2D eigenvalue weighted by atomic mass is 35.5. The molecule has 3 aromatic rings. The molecule has 0 radical (unpaired) electrons. The van der Waals surface area contributed by atoms with E-state index in [2.05, 4.69) is 20.9 Å². The van der Waals surface area contributed by atoms with Crippen LogP contribution in [0.5, 0.6) is 0 Å². The number of aromatic nitrogens is 1. The van der Waals surface area contributed by atoms with Gasteiger partial charge in [0.25, 0.3) is 5.91 Å². The Labute approximate surface area is 288 Å². The predicted molar refractivity (Wildman–Crippen MR) is 183 cm³/mol. The van der Waals surface area contributed by atoms with Gasteiger partial charge in [0.05, 0.1) is 11.2 Å². The summed E-state index contributed by atoms with van der Waals surface area (Å²) in [5.41, 5.74) is 1.58. The molecule has 48 heavy (non-hydrogen) atoms. The number of rotatable bonds is 12. The van der Waals surface area contributed by atoms with Crippen molar-refractivity contribution in [3.8, 4) is 0 Å². The second kappa shape index (κ2) is 15.8. The van der Waals surface area contributed by atoms with Gasteiger partial charge in [-0.25, -0.2) is 0 Å². The summed E-state index contributed by atoms with van der Waals surface area (Å²) >= 11 is 12.2. The number of carboxylic acids is 1. The molecule has 1 spiro atoms. The molecule has 5 rings (SSSR count). The first-order chi connectivity index (χ1) is 23.0. The van der Waals surface area contributed by atoms with E-state index >= 15 is 0 Å². The minimum absolute atomic E-state index is 0.0470. The van der Waals surface area contributed by atoms with Gasteiger partial charge in [0.2, 0.25) is 17.7 Å². The van der Waals surface area contributed by atoms with Crippen molar-refractivity contribution in [3.05, 3.63) is 70.3 Å². The summed E-state index contributed by atoms with van der Waals surface area (Å²) in [7, 11) is 0. The molecule has 1 aliphatic carbocycles. The van der Waals surface area contributed by atoms with Crippen molar-refractivity contribution in [2.24, 2.45) is 5.41 Å². The molecule has 1 aromatic heterocycles. The number of hydrogen-bond acceptors (Lipinski definition) is 6. The number of nitrogens with zero attached hydrogens (tertiary/aromatic N) is 2. The summed E-state index contributed by atoms with van der Waals surface area (Å²) in [5, 5.41) is 18.7. The summed E-state index contributed by atoms with van der Waals surface area (Å²) in [6.45, 7) is 1.14. The van der Waals surface area contributed by atoms with E-state index in [1.807, 2.05) is 0 Å². The third-order valence-corrected chi connectivity index (χ3v) is 9.83. The molecule has 13 heteroatoms. The van der Waals surface area contributed by atoms with Gasteiger partial charge in [-0.05, 0) is 86.4 Å². The van der Waals surface area contributed by atoms with Crippen LogP contribution in [-0.2, 0) is 19.2 Å². The second-order valence-corrected chi connectivity index (χ2v) is 13.5. The largest absolute Gasteiger partial charge is 0.481 e. The first kappa shape index (κ1) is 35.1. The Kier molecular flexibility index (Phi) is 11.5. The fourth-order valence-corrected chi connectivity index (χ4v) is 7.27. The van der Waals surface area contributed by atoms with Gasteiger partial charge >= 0.3 is 5.97 Å². The van der Waals surface area contributed by atoms with Crippen molar-refractivity contribution >= 4 is 69.4 Å². The number of aliphatic carboxylic acids is 1. The van der Waals surface area contributed by atoms with Gasteiger partial charge in [-0.3, -0.25) is 29.0 Å². The highest BCUT2D eigenvalue weighted by Crippen LogP contribution is 2.46. The second-order valence-electron chi connectivity index (χ2n) is 12.7. The molecule has 254 valence electrons.